The maximum absolute atomic E-state index is 9.54. The third-order valence-corrected chi connectivity index (χ3v) is 2.26. The summed E-state index contributed by atoms with van der Waals surface area (Å²) in [4.78, 5) is 7.76. The van der Waals surface area contributed by atoms with Crippen LogP contribution < -0.4 is 5.32 Å². The van der Waals surface area contributed by atoms with Crippen LogP contribution in [0.5, 0.6) is 5.75 Å². The summed E-state index contributed by atoms with van der Waals surface area (Å²) in [5.41, 5.74) is 0.803. The number of hydrogen-bond donors (Lipinski definition) is 2. The predicted molar refractivity (Wildman–Crippen MR) is 62.5 cm³/mol. The van der Waals surface area contributed by atoms with Crippen molar-refractivity contribution in [3.05, 3.63) is 47.4 Å². The Morgan fingerprint density at radius 3 is 2.81 bits per heavy atom. The van der Waals surface area contributed by atoms with E-state index in [4.69, 9.17) is 11.6 Å². The van der Waals surface area contributed by atoms with E-state index in [0.29, 0.717) is 12.4 Å². The second-order valence-electron chi connectivity index (χ2n) is 3.19. The highest BCUT2D eigenvalue weighted by molar-refractivity contribution is 6.28. The molecule has 82 valence electrons. The SMILES string of the molecule is Oc1ccccc1CNc1ccnc(Cl)n1. The van der Waals surface area contributed by atoms with Gasteiger partial charge in [0.2, 0.25) is 5.28 Å². The minimum Gasteiger partial charge on any atom is -0.508 e. The highest BCUT2D eigenvalue weighted by atomic mass is 35.5. The molecule has 16 heavy (non-hydrogen) atoms. The molecule has 1 aromatic carbocycles. The molecular weight excluding hydrogens is 226 g/mol. The van der Waals surface area contributed by atoms with Crippen molar-refractivity contribution in [2.75, 3.05) is 5.32 Å². The van der Waals surface area contributed by atoms with E-state index in [2.05, 4.69) is 15.3 Å². The topological polar surface area (TPSA) is 58.0 Å². The van der Waals surface area contributed by atoms with Gasteiger partial charge in [0.1, 0.15) is 11.6 Å². The first kappa shape index (κ1) is 10.7. The lowest BCUT2D eigenvalue weighted by Gasteiger charge is -2.06. The Balaban J connectivity index is 2.05. The molecule has 0 atom stereocenters. The van der Waals surface area contributed by atoms with Crippen molar-refractivity contribution in [2.45, 2.75) is 6.54 Å². The predicted octanol–water partition coefficient (Wildman–Crippen LogP) is 2.45. The maximum atomic E-state index is 9.54. The van der Waals surface area contributed by atoms with Crippen LogP contribution in [0, 0.1) is 0 Å². The van der Waals surface area contributed by atoms with Crippen LogP contribution in [0.1, 0.15) is 5.56 Å². The molecule has 2 aromatic rings. The van der Waals surface area contributed by atoms with Gasteiger partial charge in [-0.1, -0.05) is 18.2 Å². The molecule has 2 rings (SSSR count). The molecular formula is C11H10ClN3O. The zero-order valence-electron chi connectivity index (χ0n) is 8.39. The first-order valence-electron chi connectivity index (χ1n) is 4.75. The van der Waals surface area contributed by atoms with Gasteiger partial charge in [-0.05, 0) is 23.7 Å². The summed E-state index contributed by atoms with van der Waals surface area (Å²) in [7, 11) is 0. The Bertz CT molecular complexity index is 490. The number of hydrogen-bond acceptors (Lipinski definition) is 4. The average Bonchev–Trinajstić information content (AvgIpc) is 2.28. The largest absolute Gasteiger partial charge is 0.508 e. The maximum Gasteiger partial charge on any atom is 0.224 e. The molecule has 0 amide bonds. The molecule has 0 aliphatic heterocycles. The second-order valence-corrected chi connectivity index (χ2v) is 3.53. The molecule has 0 aliphatic carbocycles. The van der Waals surface area contributed by atoms with Crippen LogP contribution in [-0.4, -0.2) is 15.1 Å². The number of aromatic nitrogens is 2. The van der Waals surface area contributed by atoms with Crippen LogP contribution >= 0.6 is 11.6 Å². The number of phenolic OH excluding ortho intramolecular Hbond substituents is 1. The van der Waals surface area contributed by atoms with E-state index >= 15 is 0 Å². The van der Waals surface area contributed by atoms with E-state index in [-0.39, 0.29) is 11.0 Å². The first-order chi connectivity index (χ1) is 7.75. The molecule has 0 radical (unpaired) electrons. The lowest BCUT2D eigenvalue weighted by atomic mass is 10.2. The number of nitrogens with one attached hydrogen (secondary N) is 1. The molecule has 0 saturated heterocycles. The van der Waals surface area contributed by atoms with Crippen LogP contribution in [0.15, 0.2) is 36.5 Å². The fourth-order valence-electron chi connectivity index (χ4n) is 1.28. The van der Waals surface area contributed by atoms with Crippen molar-refractivity contribution in [2.24, 2.45) is 0 Å². The number of nitrogens with zero attached hydrogens (tertiary/aromatic N) is 2. The van der Waals surface area contributed by atoms with Gasteiger partial charge in [0, 0.05) is 18.3 Å². The van der Waals surface area contributed by atoms with E-state index in [1.807, 2.05) is 12.1 Å². The highest BCUT2D eigenvalue weighted by Gasteiger charge is 2.00. The minimum atomic E-state index is 0.197. The molecule has 0 unspecified atom stereocenters. The van der Waals surface area contributed by atoms with Crippen molar-refractivity contribution in [1.29, 1.82) is 0 Å². The normalized spacial score (nSPS) is 10.1. The molecule has 1 heterocycles. The van der Waals surface area contributed by atoms with Crippen molar-refractivity contribution in [3.63, 3.8) is 0 Å². The number of benzene rings is 1. The summed E-state index contributed by atoms with van der Waals surface area (Å²) < 4.78 is 0. The number of halogens is 1. The van der Waals surface area contributed by atoms with E-state index in [1.165, 1.54) is 0 Å². The Morgan fingerprint density at radius 2 is 2.06 bits per heavy atom. The highest BCUT2D eigenvalue weighted by Crippen LogP contribution is 2.17. The molecule has 4 nitrogen and oxygen atoms in total. The Morgan fingerprint density at radius 1 is 1.25 bits per heavy atom. The minimum absolute atomic E-state index is 0.197. The number of para-hydroxylation sites is 1. The van der Waals surface area contributed by atoms with Gasteiger partial charge in [-0.25, -0.2) is 9.97 Å². The van der Waals surface area contributed by atoms with E-state index in [0.717, 1.165) is 5.56 Å². The van der Waals surface area contributed by atoms with Gasteiger partial charge >= 0.3 is 0 Å². The average molecular weight is 236 g/mol. The molecule has 5 heteroatoms. The number of aromatic hydroxyl groups is 1. The standard InChI is InChI=1S/C11H10ClN3O/c12-11-13-6-5-10(15-11)14-7-8-3-1-2-4-9(8)16/h1-6,16H,7H2,(H,13,14,15). The quantitative estimate of drug-likeness (QED) is 0.803. The van der Waals surface area contributed by atoms with Gasteiger partial charge in [-0.2, -0.15) is 0 Å². The Hall–Kier alpha value is -1.81. The molecule has 0 bridgehead atoms. The van der Waals surface area contributed by atoms with Crippen LogP contribution in [-0.2, 0) is 6.54 Å². The lowest BCUT2D eigenvalue weighted by molar-refractivity contribution is 0.469. The molecule has 0 aliphatic rings. The van der Waals surface area contributed by atoms with E-state index in [9.17, 15) is 5.11 Å². The summed E-state index contributed by atoms with van der Waals surface area (Å²) in [5, 5.41) is 12.8. The van der Waals surface area contributed by atoms with Crippen molar-refractivity contribution >= 4 is 17.4 Å². The van der Waals surface area contributed by atoms with Crippen LogP contribution in [0.2, 0.25) is 5.28 Å². The van der Waals surface area contributed by atoms with Crippen LogP contribution in [0.3, 0.4) is 0 Å². The van der Waals surface area contributed by atoms with Crippen LogP contribution in [0.4, 0.5) is 5.82 Å². The zero-order chi connectivity index (χ0) is 11.4. The van der Waals surface area contributed by atoms with Gasteiger partial charge in [-0.3, -0.25) is 0 Å². The first-order valence-corrected chi connectivity index (χ1v) is 5.13. The van der Waals surface area contributed by atoms with Crippen LogP contribution in [0.25, 0.3) is 0 Å². The van der Waals surface area contributed by atoms with Gasteiger partial charge in [-0.15, -0.1) is 0 Å². The molecule has 0 spiro atoms. The van der Waals surface area contributed by atoms with Gasteiger partial charge in [0.25, 0.3) is 0 Å². The lowest BCUT2D eigenvalue weighted by Crippen LogP contribution is -2.01. The van der Waals surface area contributed by atoms with Crippen molar-refractivity contribution in [3.8, 4) is 5.75 Å². The number of phenols is 1. The van der Waals surface area contributed by atoms with E-state index < -0.39 is 0 Å². The Kier molecular flexibility index (Phi) is 3.22. The molecule has 0 saturated carbocycles. The van der Waals surface area contributed by atoms with Crippen molar-refractivity contribution in [1.82, 2.24) is 9.97 Å². The van der Waals surface area contributed by atoms with E-state index in [1.54, 1.807) is 24.4 Å². The number of anilines is 1. The second kappa shape index (κ2) is 4.81. The Labute approximate surface area is 97.9 Å². The third kappa shape index (κ3) is 2.61. The molecule has 2 N–H and O–H groups in total. The third-order valence-electron chi connectivity index (χ3n) is 2.08. The monoisotopic (exact) mass is 235 g/mol. The summed E-state index contributed by atoms with van der Waals surface area (Å²) in [5.74, 6) is 0.887. The summed E-state index contributed by atoms with van der Waals surface area (Å²) in [6.07, 6.45) is 1.57. The summed E-state index contributed by atoms with van der Waals surface area (Å²) in [6.45, 7) is 0.486. The summed E-state index contributed by atoms with van der Waals surface area (Å²) in [6, 6.07) is 8.84. The number of rotatable bonds is 3. The smallest absolute Gasteiger partial charge is 0.224 e. The molecule has 0 fully saturated rings. The fourth-order valence-corrected chi connectivity index (χ4v) is 1.43. The summed E-state index contributed by atoms with van der Waals surface area (Å²) >= 11 is 5.65. The van der Waals surface area contributed by atoms with Gasteiger partial charge in [0.15, 0.2) is 0 Å². The zero-order valence-corrected chi connectivity index (χ0v) is 9.15. The van der Waals surface area contributed by atoms with Gasteiger partial charge in [0.05, 0.1) is 0 Å². The van der Waals surface area contributed by atoms with Gasteiger partial charge < -0.3 is 10.4 Å². The molecule has 1 aromatic heterocycles. The van der Waals surface area contributed by atoms with Crippen molar-refractivity contribution < 1.29 is 5.11 Å². The fraction of sp³-hybridized carbons (Fsp3) is 0.0909.